The maximum absolute atomic E-state index is 12.9. The molecule has 1 aromatic carbocycles. The number of carbonyl (C=O) groups excluding carboxylic acids is 3. The van der Waals surface area contributed by atoms with Crippen LogP contribution in [-0.4, -0.2) is 103 Å². The fraction of sp³-hybridized carbons (Fsp3) is 0.364. The van der Waals surface area contributed by atoms with E-state index in [9.17, 15) is 24.3 Å². The van der Waals surface area contributed by atoms with Gasteiger partial charge in [0.25, 0.3) is 17.7 Å². The molecule has 1 aromatic heterocycles. The second-order valence-corrected chi connectivity index (χ2v) is 10.3. The van der Waals surface area contributed by atoms with E-state index >= 15 is 0 Å². The zero-order valence-corrected chi connectivity index (χ0v) is 22.8. The van der Waals surface area contributed by atoms with Gasteiger partial charge in [0.05, 0.1) is 6.21 Å². The number of nitrogens with zero attached hydrogens (tertiary/aromatic N) is 6. The number of hydrogen-bond acceptors (Lipinski definition) is 13. The molecule has 2 aliphatic heterocycles. The molecule has 212 valence electrons. The third kappa shape index (κ3) is 6.45. The average Bonchev–Trinajstić information content (AvgIpc) is 3.35. The molecule has 0 unspecified atom stereocenters. The number of oxime groups is 1. The highest BCUT2D eigenvalue weighted by atomic mass is 32.2. The summed E-state index contributed by atoms with van der Waals surface area (Å²) >= 11 is 2.60. The van der Waals surface area contributed by atoms with Crippen molar-refractivity contribution in [1.82, 2.24) is 30.4 Å². The molecule has 0 saturated carbocycles. The van der Waals surface area contributed by atoms with E-state index in [1.807, 2.05) is 0 Å². The molecule has 0 spiro atoms. The lowest BCUT2D eigenvalue weighted by molar-refractivity contribution is -0.150. The minimum absolute atomic E-state index is 0.104. The first-order valence-corrected chi connectivity index (χ1v) is 13.5. The SMILES string of the molecule is CO/N=C/c1ccc(OCC(N)=O)cc1OCC(=O)N[C@@H]1C(=O)N2C(C(=O)O)=C(CSc3nnnn3C)CS[C@H]12. The molecule has 3 heterocycles. The molecule has 2 aromatic rings. The third-order valence-electron chi connectivity index (χ3n) is 5.55. The second-order valence-electron chi connectivity index (χ2n) is 8.25. The Balaban J connectivity index is 1.39. The van der Waals surface area contributed by atoms with Gasteiger partial charge in [-0.2, -0.15) is 0 Å². The number of benzene rings is 1. The van der Waals surface area contributed by atoms with Crippen molar-refractivity contribution in [1.29, 1.82) is 0 Å². The summed E-state index contributed by atoms with van der Waals surface area (Å²) in [5.74, 6) is -1.96. The number of hydrogen-bond donors (Lipinski definition) is 3. The van der Waals surface area contributed by atoms with Crippen LogP contribution in [0, 0.1) is 0 Å². The molecule has 0 aliphatic carbocycles. The highest BCUT2D eigenvalue weighted by Gasteiger charge is 2.54. The van der Waals surface area contributed by atoms with Gasteiger partial charge in [0.15, 0.2) is 13.2 Å². The molecule has 1 fully saturated rings. The zero-order valence-electron chi connectivity index (χ0n) is 21.2. The maximum Gasteiger partial charge on any atom is 0.352 e. The molecule has 4 rings (SSSR count). The molecule has 40 heavy (non-hydrogen) atoms. The minimum atomic E-state index is -1.23. The van der Waals surface area contributed by atoms with Gasteiger partial charge >= 0.3 is 5.97 Å². The van der Waals surface area contributed by atoms with Crippen molar-refractivity contribution in [3.63, 3.8) is 0 Å². The lowest BCUT2D eigenvalue weighted by atomic mass is 10.0. The molecule has 0 bridgehead atoms. The van der Waals surface area contributed by atoms with Crippen molar-refractivity contribution in [2.45, 2.75) is 16.6 Å². The summed E-state index contributed by atoms with van der Waals surface area (Å²) in [6.45, 7) is -0.821. The number of thioether (sulfide) groups is 2. The van der Waals surface area contributed by atoms with Gasteiger partial charge in [-0.3, -0.25) is 19.3 Å². The Hall–Kier alpha value is -4.32. The minimum Gasteiger partial charge on any atom is -0.484 e. The van der Waals surface area contributed by atoms with E-state index in [0.717, 1.165) is 0 Å². The lowest BCUT2D eigenvalue weighted by Crippen LogP contribution is -2.70. The predicted octanol–water partition coefficient (Wildman–Crippen LogP) is -1.04. The highest BCUT2D eigenvalue weighted by molar-refractivity contribution is 8.01. The fourth-order valence-electron chi connectivity index (χ4n) is 3.75. The summed E-state index contributed by atoms with van der Waals surface area (Å²) in [6.07, 6.45) is 1.35. The van der Waals surface area contributed by atoms with Crippen molar-refractivity contribution in [2.24, 2.45) is 17.9 Å². The lowest BCUT2D eigenvalue weighted by Gasteiger charge is -2.49. The van der Waals surface area contributed by atoms with Crippen LogP contribution in [0.25, 0.3) is 0 Å². The third-order valence-corrected chi connectivity index (χ3v) is 7.98. The topological polar surface area (TPSA) is 213 Å². The van der Waals surface area contributed by atoms with Crippen LogP contribution < -0.4 is 20.5 Å². The van der Waals surface area contributed by atoms with Crippen LogP contribution in [-0.2, 0) is 31.1 Å². The van der Waals surface area contributed by atoms with E-state index in [4.69, 9.17) is 15.2 Å². The van der Waals surface area contributed by atoms with Crippen LogP contribution in [0.15, 0.2) is 39.8 Å². The van der Waals surface area contributed by atoms with Crippen LogP contribution in [0.1, 0.15) is 5.56 Å². The van der Waals surface area contributed by atoms with Crippen molar-refractivity contribution >= 4 is 53.4 Å². The number of carboxylic acid groups (broad SMARTS) is 1. The number of carbonyl (C=O) groups is 4. The monoisotopic (exact) mass is 592 g/mol. The van der Waals surface area contributed by atoms with Gasteiger partial charge in [0, 0.05) is 30.2 Å². The number of ether oxygens (including phenoxy) is 2. The number of tetrazole rings is 1. The van der Waals surface area contributed by atoms with Crippen LogP contribution in [0.4, 0.5) is 0 Å². The number of primary amides is 1. The smallest absolute Gasteiger partial charge is 0.352 e. The fourth-order valence-corrected chi connectivity index (χ4v) is 6.08. The van der Waals surface area contributed by atoms with Crippen molar-refractivity contribution < 1.29 is 38.6 Å². The average molecular weight is 593 g/mol. The number of amides is 3. The molecular formula is C22H24N8O8S2. The zero-order chi connectivity index (χ0) is 28.8. The van der Waals surface area contributed by atoms with E-state index in [1.165, 1.54) is 52.5 Å². The van der Waals surface area contributed by atoms with E-state index in [-0.39, 0.29) is 29.6 Å². The summed E-state index contributed by atoms with van der Waals surface area (Å²) in [4.78, 5) is 54.6. The first-order valence-electron chi connectivity index (χ1n) is 11.5. The van der Waals surface area contributed by atoms with Crippen molar-refractivity contribution in [2.75, 3.05) is 31.8 Å². The number of aliphatic carboxylic acids is 1. The molecule has 1 saturated heterocycles. The number of aryl methyl sites for hydroxylation is 1. The Kier molecular flexibility index (Phi) is 9.10. The molecular weight excluding hydrogens is 568 g/mol. The van der Waals surface area contributed by atoms with E-state index in [0.29, 0.717) is 22.0 Å². The number of aromatic nitrogens is 4. The Morgan fingerprint density at radius 1 is 1.32 bits per heavy atom. The van der Waals surface area contributed by atoms with Crippen LogP contribution in [0.2, 0.25) is 0 Å². The molecule has 2 atom stereocenters. The van der Waals surface area contributed by atoms with Gasteiger partial charge in [-0.25, -0.2) is 9.48 Å². The normalized spacial score (nSPS) is 18.2. The van der Waals surface area contributed by atoms with E-state index in [1.54, 1.807) is 19.2 Å². The molecule has 2 aliphatic rings. The standard InChI is InChI=1S/C22H24N8O8S2/c1-29-22(26-27-28-29)40-10-12-9-39-20-17(19(33)30(20)18(12)21(34)35)25-16(32)8-38-14-5-13(37-7-15(23)31)4-3-11(14)6-24-36-2/h3-6,17,20H,7-10H2,1-2H3,(H2,23,31)(H,25,32)(H,34,35)/b24-6+/t17-,20-/m1/s1. The van der Waals surface area contributed by atoms with Gasteiger partial charge in [-0.1, -0.05) is 16.9 Å². The van der Waals surface area contributed by atoms with Crippen LogP contribution in [0.5, 0.6) is 11.5 Å². The summed E-state index contributed by atoms with van der Waals surface area (Å²) < 4.78 is 12.4. The Morgan fingerprint density at radius 2 is 2.12 bits per heavy atom. The van der Waals surface area contributed by atoms with E-state index < -0.39 is 41.7 Å². The van der Waals surface area contributed by atoms with Gasteiger partial charge in [-0.15, -0.1) is 16.9 Å². The molecule has 3 amide bonds. The van der Waals surface area contributed by atoms with Gasteiger partial charge in [0.2, 0.25) is 5.16 Å². The maximum atomic E-state index is 12.9. The number of fused-ring (bicyclic) bond motifs is 1. The summed E-state index contributed by atoms with van der Waals surface area (Å²) in [5.41, 5.74) is 6.00. The van der Waals surface area contributed by atoms with Gasteiger partial charge < -0.3 is 30.5 Å². The quantitative estimate of drug-likeness (QED) is 0.110. The predicted molar refractivity (Wildman–Crippen MR) is 140 cm³/mol. The largest absolute Gasteiger partial charge is 0.484 e. The summed E-state index contributed by atoms with van der Waals surface area (Å²) in [5, 5.41) is 27.2. The number of rotatable bonds is 13. The van der Waals surface area contributed by atoms with Crippen LogP contribution in [0.3, 0.4) is 0 Å². The first kappa shape index (κ1) is 28.7. The van der Waals surface area contributed by atoms with Crippen molar-refractivity contribution in [3.05, 3.63) is 35.0 Å². The Bertz CT molecular complexity index is 1380. The van der Waals surface area contributed by atoms with Crippen LogP contribution >= 0.6 is 23.5 Å². The van der Waals surface area contributed by atoms with Gasteiger partial charge in [-0.05, 0) is 28.1 Å². The Labute approximate surface area is 235 Å². The first-order chi connectivity index (χ1) is 19.2. The second kappa shape index (κ2) is 12.7. The number of β-lactam (4-membered cyclic amide) rings is 1. The van der Waals surface area contributed by atoms with E-state index in [2.05, 4.69) is 30.8 Å². The van der Waals surface area contributed by atoms with Gasteiger partial charge in [0.1, 0.15) is 35.7 Å². The number of nitrogens with two attached hydrogens (primary N) is 1. The summed E-state index contributed by atoms with van der Waals surface area (Å²) in [6, 6.07) is 3.65. The molecule has 18 heteroatoms. The number of carboxylic acids is 1. The highest BCUT2D eigenvalue weighted by Crippen LogP contribution is 2.41. The Morgan fingerprint density at radius 3 is 2.80 bits per heavy atom. The molecule has 0 radical (unpaired) electrons. The molecule has 4 N–H and O–H groups in total. The summed E-state index contributed by atoms with van der Waals surface area (Å²) in [7, 11) is 3.03. The van der Waals surface area contributed by atoms with Crippen molar-refractivity contribution in [3.8, 4) is 11.5 Å². The number of nitrogens with one attached hydrogen (secondary N) is 1. The molecule has 16 nitrogen and oxygen atoms in total.